The van der Waals surface area contributed by atoms with E-state index in [9.17, 15) is 53.4 Å². The van der Waals surface area contributed by atoms with E-state index in [2.05, 4.69) is 47.2 Å². The van der Waals surface area contributed by atoms with E-state index in [1.807, 2.05) is 0 Å². The molecule has 0 unspecified atom stereocenters. The third kappa shape index (κ3) is 25.7. The molecule has 0 spiro atoms. The smallest absolute Gasteiger partial charge is 0.243 e. The average molecular weight is 1110 g/mol. The summed E-state index contributed by atoms with van der Waals surface area (Å²) in [5, 5.41) is 38.5. The highest BCUT2D eigenvalue weighted by molar-refractivity contribution is 5.98. The van der Waals surface area contributed by atoms with Crippen molar-refractivity contribution in [1.82, 2.24) is 37.2 Å². The van der Waals surface area contributed by atoms with E-state index in [4.69, 9.17) is 40.1 Å². The molecule has 0 heterocycles. The largest absolute Gasteiger partial charge is 0.508 e. The van der Waals surface area contributed by atoms with Crippen LogP contribution in [0.25, 0.3) is 0 Å². The predicted molar refractivity (Wildman–Crippen MR) is 296 cm³/mol. The number of phenolic OH excluding ortho intramolecular Hbond substituents is 2. The van der Waals surface area contributed by atoms with Gasteiger partial charge >= 0.3 is 0 Å². The van der Waals surface area contributed by atoms with E-state index in [-0.39, 0.29) is 99.7 Å². The first-order chi connectivity index (χ1) is 37.1. The summed E-state index contributed by atoms with van der Waals surface area (Å²) in [7, 11) is 0. The minimum atomic E-state index is -1.45. The quantitative estimate of drug-likeness (QED) is 0.0188. The van der Waals surface area contributed by atoms with Gasteiger partial charge in [0, 0.05) is 25.9 Å². The van der Waals surface area contributed by atoms with Gasteiger partial charge in [-0.3, -0.25) is 53.1 Å². The fourth-order valence-corrected chi connectivity index (χ4v) is 8.01. The van der Waals surface area contributed by atoms with Crippen LogP contribution in [0.1, 0.15) is 104 Å². The number of primary amides is 2. The number of guanidine groups is 2. The van der Waals surface area contributed by atoms with E-state index in [1.165, 1.54) is 36.4 Å². The second-order valence-electron chi connectivity index (χ2n) is 20.3. The van der Waals surface area contributed by atoms with Crippen LogP contribution in [0, 0.1) is 17.8 Å². The van der Waals surface area contributed by atoms with Gasteiger partial charge in [0.1, 0.15) is 53.8 Å². The maximum absolute atomic E-state index is 14.6. The molecule has 0 saturated heterocycles. The number of benzene rings is 2. The number of carbonyl (C=O) groups excluding carboxylic acids is 9. The van der Waals surface area contributed by atoms with Crippen molar-refractivity contribution >= 4 is 65.1 Å². The minimum Gasteiger partial charge on any atom is -0.508 e. The molecule has 438 valence electrons. The predicted octanol–water partition coefficient (Wildman–Crippen LogP) is -2.79. The van der Waals surface area contributed by atoms with Crippen LogP contribution in [-0.2, 0) is 56.0 Å². The molecule has 2 aromatic rings. The Hall–Kier alpha value is -8.23. The molecule has 0 aromatic heterocycles. The summed E-state index contributed by atoms with van der Waals surface area (Å²) in [6.07, 6.45) is -0.0546. The Labute approximate surface area is 460 Å². The van der Waals surface area contributed by atoms with Gasteiger partial charge in [-0.05, 0) is 91.7 Å². The third-order valence-corrected chi connectivity index (χ3v) is 12.4. The van der Waals surface area contributed by atoms with Gasteiger partial charge in [-0.2, -0.15) is 0 Å². The number of carbonyl (C=O) groups is 9. The second kappa shape index (κ2) is 33.8. The van der Waals surface area contributed by atoms with E-state index in [0.29, 0.717) is 17.5 Å². The van der Waals surface area contributed by atoms with Crippen LogP contribution in [-0.4, -0.2) is 137 Å². The van der Waals surface area contributed by atoms with Crippen LogP contribution in [0.4, 0.5) is 0 Å². The maximum atomic E-state index is 14.6. The van der Waals surface area contributed by atoms with Crippen LogP contribution >= 0.6 is 0 Å². The number of nitrogens with one attached hydrogen (secondary N) is 7. The molecule has 79 heavy (non-hydrogen) atoms. The molecular weight excluding hydrogens is 1020 g/mol. The van der Waals surface area contributed by atoms with Gasteiger partial charge in [-0.15, -0.1) is 0 Å². The number of rotatable bonds is 35. The van der Waals surface area contributed by atoms with Crippen molar-refractivity contribution < 1.29 is 53.4 Å². The Morgan fingerprint density at radius 1 is 0.481 bits per heavy atom. The summed E-state index contributed by atoms with van der Waals surface area (Å²) < 4.78 is 0. The van der Waals surface area contributed by atoms with Crippen molar-refractivity contribution in [3.8, 4) is 11.5 Å². The van der Waals surface area contributed by atoms with Crippen molar-refractivity contribution in [3.63, 3.8) is 0 Å². The van der Waals surface area contributed by atoms with E-state index >= 15 is 0 Å². The van der Waals surface area contributed by atoms with Gasteiger partial charge < -0.3 is 87.6 Å². The third-order valence-electron chi connectivity index (χ3n) is 12.4. The summed E-state index contributed by atoms with van der Waals surface area (Å²) in [6, 6.07) is 1.11. The highest BCUT2D eigenvalue weighted by atomic mass is 16.3. The number of nitrogens with two attached hydrogens (primary N) is 7. The zero-order chi connectivity index (χ0) is 59.5. The van der Waals surface area contributed by atoms with E-state index < -0.39 is 114 Å². The fourth-order valence-electron chi connectivity index (χ4n) is 8.01. The monoisotopic (exact) mass is 1110 g/mol. The van der Waals surface area contributed by atoms with Crippen molar-refractivity contribution in [2.75, 3.05) is 13.1 Å². The standard InChI is InChI=1S/C52H84N16O11/c1-7-29(6)42(68-49(78)39(23-28(4)5)65-44(73)34(53)26-41(54)71)50(79)67-40(25-31-14-18-33(70)19-15-31)48(77)63-36(11-9-21-61-52(58)59)46(75)66-38(22-27(2)3)47(76)62-35(10-8-20-60-51(56)57)45(74)64-37(43(55)72)24-30-12-16-32(69)17-13-30/h12-19,27-29,34-40,42,69-70H,7-11,20-26,53H2,1-6H3,(H2,54,71)(H2,55,72)(H,62,76)(H,63,77)(H,64,74)(H,65,73)(H,66,75)(H,67,79)(H,68,78)(H4,56,57,60)(H4,58,59,61)/t29-,34-,35-,36-,37-,38-,39-,40-,42-/m0/s1. The molecule has 27 heteroatoms. The number of hydrogen-bond acceptors (Lipinski definition) is 14. The molecule has 0 saturated carbocycles. The molecule has 0 fully saturated rings. The number of nitrogens with zero attached hydrogens (tertiary/aromatic N) is 2. The lowest BCUT2D eigenvalue weighted by molar-refractivity contribution is -0.136. The molecular formula is C52H84N16O11. The van der Waals surface area contributed by atoms with Gasteiger partial charge in [-0.25, -0.2) is 0 Å². The van der Waals surface area contributed by atoms with Crippen molar-refractivity contribution in [2.45, 2.75) is 154 Å². The minimum absolute atomic E-state index is 0.0200. The van der Waals surface area contributed by atoms with Crippen LogP contribution in [0.2, 0.25) is 0 Å². The summed E-state index contributed by atoms with van der Waals surface area (Å²) in [5.74, 6) is -8.84. The lowest BCUT2D eigenvalue weighted by atomic mass is 9.95. The van der Waals surface area contributed by atoms with Crippen LogP contribution in [0.5, 0.6) is 11.5 Å². The lowest BCUT2D eigenvalue weighted by Gasteiger charge is -2.30. The number of aliphatic imine (C=N–C) groups is 2. The SMILES string of the molecule is CC[C@H](C)[C@H](NC(=O)[C@H](CC(C)C)NC(=O)[C@@H](N)CC(N)=O)C(=O)N[C@@H](Cc1ccc(O)cc1)C(=O)N[C@@H](CCCN=C(N)N)C(=O)N[C@@H](CC(C)C)C(=O)N[C@@H](CCCN=C(N)N)C(=O)N[C@@H](Cc1ccc(O)cc1)C(N)=O. The molecule has 0 aliphatic heterocycles. The van der Waals surface area contributed by atoms with Gasteiger partial charge in [0.15, 0.2) is 11.9 Å². The molecule has 0 radical (unpaired) electrons. The molecule has 2 rings (SSSR count). The number of hydrogen-bond donors (Lipinski definition) is 16. The lowest BCUT2D eigenvalue weighted by Crippen LogP contribution is -2.61. The van der Waals surface area contributed by atoms with Gasteiger partial charge in [-0.1, -0.05) is 72.2 Å². The summed E-state index contributed by atoms with van der Waals surface area (Å²) >= 11 is 0. The summed E-state index contributed by atoms with van der Waals surface area (Å²) in [5.41, 5.74) is 39.9. The van der Waals surface area contributed by atoms with Crippen LogP contribution in [0.3, 0.4) is 0 Å². The number of aromatic hydroxyl groups is 2. The maximum Gasteiger partial charge on any atom is 0.243 e. The Bertz CT molecular complexity index is 2410. The van der Waals surface area contributed by atoms with Crippen molar-refractivity contribution in [2.24, 2.45) is 67.9 Å². The molecule has 0 bridgehead atoms. The molecule has 9 atom stereocenters. The first-order valence-corrected chi connectivity index (χ1v) is 26.2. The Morgan fingerprint density at radius 2 is 0.835 bits per heavy atom. The second-order valence-corrected chi connectivity index (χ2v) is 20.3. The van der Waals surface area contributed by atoms with Crippen molar-refractivity contribution in [3.05, 3.63) is 59.7 Å². The first kappa shape index (κ1) is 66.9. The molecule has 0 aliphatic rings. The molecule has 23 N–H and O–H groups in total. The zero-order valence-corrected chi connectivity index (χ0v) is 46.0. The zero-order valence-electron chi connectivity index (χ0n) is 46.0. The van der Waals surface area contributed by atoms with Crippen molar-refractivity contribution in [1.29, 1.82) is 0 Å². The first-order valence-electron chi connectivity index (χ1n) is 26.2. The molecule has 2 aromatic carbocycles. The van der Waals surface area contributed by atoms with Crippen LogP contribution in [0.15, 0.2) is 58.5 Å². The molecule has 9 amide bonds. The Balaban J connectivity index is 2.57. The van der Waals surface area contributed by atoms with Gasteiger partial charge in [0.2, 0.25) is 53.2 Å². The van der Waals surface area contributed by atoms with Gasteiger partial charge in [0.25, 0.3) is 0 Å². The molecule has 27 nitrogen and oxygen atoms in total. The number of amides is 9. The highest BCUT2D eigenvalue weighted by Gasteiger charge is 2.36. The molecule has 0 aliphatic carbocycles. The topological polar surface area (TPSA) is 485 Å². The fraction of sp³-hybridized carbons (Fsp3) is 0.558. The van der Waals surface area contributed by atoms with Gasteiger partial charge in [0.05, 0.1) is 12.5 Å². The Kier molecular flexibility index (Phi) is 28.6. The summed E-state index contributed by atoms with van der Waals surface area (Å²) in [4.78, 5) is 131. The Morgan fingerprint density at radius 3 is 1.23 bits per heavy atom. The normalized spacial score (nSPS) is 14.5. The highest BCUT2D eigenvalue weighted by Crippen LogP contribution is 2.17. The average Bonchev–Trinajstić information content (AvgIpc) is 3.36. The summed E-state index contributed by atoms with van der Waals surface area (Å²) in [6.45, 7) is 10.7. The van der Waals surface area contributed by atoms with E-state index in [0.717, 1.165) is 0 Å². The number of phenols is 2. The van der Waals surface area contributed by atoms with E-state index in [1.54, 1.807) is 53.7 Å². The van der Waals surface area contributed by atoms with Crippen LogP contribution < -0.4 is 77.4 Å².